The maximum Gasteiger partial charge on any atom is 0.161 e. The lowest BCUT2D eigenvalue weighted by atomic mass is 9.92. The Bertz CT molecular complexity index is 1070. The van der Waals surface area contributed by atoms with Crippen molar-refractivity contribution in [3.63, 3.8) is 0 Å². The number of phenols is 1. The SMILES string of the molecule is O=CCc1ccc(O)c(OC/C=C/CN2CCC(c3onc4cc(F)ccc34)CC2)c1. The molecule has 1 N–H and O–H groups in total. The smallest absolute Gasteiger partial charge is 0.161 e. The van der Waals surface area contributed by atoms with Gasteiger partial charge in [0.1, 0.15) is 30.0 Å². The lowest BCUT2D eigenvalue weighted by Crippen LogP contribution is -2.33. The normalized spacial score (nSPS) is 15.6. The van der Waals surface area contributed by atoms with E-state index < -0.39 is 0 Å². The number of hydrogen-bond acceptors (Lipinski definition) is 6. The number of hydrogen-bond donors (Lipinski definition) is 1. The Morgan fingerprint density at radius 2 is 2.03 bits per heavy atom. The van der Waals surface area contributed by atoms with Crippen LogP contribution in [0.2, 0.25) is 0 Å². The van der Waals surface area contributed by atoms with Gasteiger partial charge in [-0.2, -0.15) is 0 Å². The number of ether oxygens (including phenoxy) is 1. The lowest BCUT2D eigenvalue weighted by Gasteiger charge is -2.30. The third kappa shape index (κ3) is 5.11. The monoisotopic (exact) mass is 424 g/mol. The van der Waals surface area contributed by atoms with Crippen LogP contribution in [0.3, 0.4) is 0 Å². The second-order valence-electron chi connectivity index (χ2n) is 7.74. The van der Waals surface area contributed by atoms with Gasteiger partial charge in [0.15, 0.2) is 11.5 Å². The molecule has 162 valence electrons. The minimum absolute atomic E-state index is 0.0628. The molecule has 7 heteroatoms. The van der Waals surface area contributed by atoms with Crippen LogP contribution in [0.25, 0.3) is 10.9 Å². The molecule has 0 atom stereocenters. The fourth-order valence-corrected chi connectivity index (χ4v) is 3.94. The third-order valence-electron chi connectivity index (χ3n) is 5.63. The number of rotatable bonds is 8. The molecule has 2 aromatic carbocycles. The number of nitrogens with zero attached hydrogens (tertiary/aromatic N) is 2. The molecule has 2 heterocycles. The zero-order valence-electron chi connectivity index (χ0n) is 17.2. The van der Waals surface area contributed by atoms with E-state index in [-0.39, 0.29) is 11.6 Å². The number of aromatic nitrogens is 1. The summed E-state index contributed by atoms with van der Waals surface area (Å²) in [5.41, 5.74) is 1.38. The van der Waals surface area contributed by atoms with Crippen molar-refractivity contribution in [3.8, 4) is 11.5 Å². The topological polar surface area (TPSA) is 75.8 Å². The summed E-state index contributed by atoms with van der Waals surface area (Å²) in [4.78, 5) is 13.0. The first-order valence-corrected chi connectivity index (χ1v) is 10.4. The second-order valence-corrected chi connectivity index (χ2v) is 7.74. The van der Waals surface area contributed by atoms with Crippen molar-refractivity contribution in [2.24, 2.45) is 0 Å². The fraction of sp³-hybridized carbons (Fsp3) is 0.333. The van der Waals surface area contributed by atoms with Crippen LogP contribution in [0.4, 0.5) is 4.39 Å². The van der Waals surface area contributed by atoms with E-state index in [1.165, 1.54) is 18.2 Å². The largest absolute Gasteiger partial charge is 0.504 e. The predicted molar refractivity (Wildman–Crippen MR) is 115 cm³/mol. The van der Waals surface area contributed by atoms with Gasteiger partial charge in [-0.15, -0.1) is 0 Å². The van der Waals surface area contributed by atoms with Gasteiger partial charge < -0.3 is 19.2 Å². The van der Waals surface area contributed by atoms with E-state index in [4.69, 9.17) is 9.26 Å². The number of fused-ring (bicyclic) bond motifs is 1. The Hall–Kier alpha value is -3.19. The molecule has 1 aliphatic rings. The molecule has 4 rings (SSSR count). The summed E-state index contributed by atoms with van der Waals surface area (Å²) in [6, 6.07) is 9.53. The summed E-state index contributed by atoms with van der Waals surface area (Å²) in [6.07, 6.45) is 7.02. The number of halogens is 1. The van der Waals surface area contributed by atoms with Gasteiger partial charge in [-0.05, 0) is 55.8 Å². The summed E-state index contributed by atoms with van der Waals surface area (Å²) in [5, 5.41) is 14.8. The minimum Gasteiger partial charge on any atom is -0.504 e. The Balaban J connectivity index is 1.24. The van der Waals surface area contributed by atoms with Gasteiger partial charge in [0.2, 0.25) is 0 Å². The van der Waals surface area contributed by atoms with Gasteiger partial charge in [-0.3, -0.25) is 4.90 Å². The molecule has 0 radical (unpaired) electrons. The predicted octanol–water partition coefficient (Wildman–Crippen LogP) is 4.23. The van der Waals surface area contributed by atoms with Crippen LogP contribution in [-0.4, -0.2) is 47.7 Å². The molecule has 31 heavy (non-hydrogen) atoms. The van der Waals surface area contributed by atoms with E-state index in [1.54, 1.807) is 18.2 Å². The van der Waals surface area contributed by atoms with Crippen molar-refractivity contribution < 1.29 is 23.6 Å². The Labute approximate surface area is 179 Å². The minimum atomic E-state index is -0.304. The summed E-state index contributed by atoms with van der Waals surface area (Å²) < 4.78 is 24.5. The zero-order chi connectivity index (χ0) is 21.6. The van der Waals surface area contributed by atoms with Crippen LogP contribution >= 0.6 is 0 Å². The number of carbonyl (C=O) groups excluding carboxylic acids is 1. The van der Waals surface area contributed by atoms with Crippen LogP contribution in [0.1, 0.15) is 30.1 Å². The van der Waals surface area contributed by atoms with Gasteiger partial charge in [-0.25, -0.2) is 4.39 Å². The maximum atomic E-state index is 13.3. The number of likely N-dealkylation sites (tertiary alicyclic amines) is 1. The van der Waals surface area contributed by atoms with Crippen molar-refractivity contribution in [1.29, 1.82) is 0 Å². The molecule has 1 fully saturated rings. The molecule has 0 bridgehead atoms. The number of aromatic hydroxyl groups is 1. The first-order valence-electron chi connectivity index (χ1n) is 10.4. The molecule has 6 nitrogen and oxygen atoms in total. The Morgan fingerprint density at radius 1 is 1.19 bits per heavy atom. The van der Waals surface area contributed by atoms with Crippen LogP contribution in [-0.2, 0) is 11.2 Å². The van der Waals surface area contributed by atoms with Crippen molar-refractivity contribution in [1.82, 2.24) is 10.1 Å². The van der Waals surface area contributed by atoms with Crippen LogP contribution in [0.5, 0.6) is 11.5 Å². The number of phenolic OH excluding ortho intramolecular Hbond substituents is 1. The average Bonchev–Trinajstić information content (AvgIpc) is 3.19. The van der Waals surface area contributed by atoms with Crippen LogP contribution in [0, 0.1) is 5.82 Å². The molecule has 0 amide bonds. The first-order chi connectivity index (χ1) is 15.1. The highest BCUT2D eigenvalue weighted by Crippen LogP contribution is 2.33. The number of benzene rings is 2. The molecule has 1 saturated heterocycles. The van der Waals surface area contributed by atoms with E-state index in [1.807, 2.05) is 6.08 Å². The lowest BCUT2D eigenvalue weighted by molar-refractivity contribution is -0.107. The molecule has 3 aromatic rings. The summed E-state index contributed by atoms with van der Waals surface area (Å²) in [6.45, 7) is 3.03. The molecule has 0 saturated carbocycles. The average molecular weight is 424 g/mol. The standard InChI is InChI=1S/C24H25FN2O4/c25-19-4-5-20-21(16-19)26-31-24(20)18-7-11-27(12-8-18)10-1-2-14-30-23-15-17(9-13-28)3-6-22(23)29/h1-6,13,15-16,18,29H,7-12,14H2/b2-1+. The molecule has 0 unspecified atom stereocenters. The third-order valence-corrected chi connectivity index (χ3v) is 5.63. The van der Waals surface area contributed by atoms with E-state index in [9.17, 15) is 14.3 Å². The Kier molecular flexibility index (Phi) is 6.62. The molecular formula is C24H25FN2O4. The van der Waals surface area contributed by atoms with Crippen LogP contribution in [0.15, 0.2) is 53.1 Å². The highest BCUT2D eigenvalue weighted by atomic mass is 19.1. The first kappa shape index (κ1) is 21.1. The van der Waals surface area contributed by atoms with Crippen molar-refractivity contribution in [2.75, 3.05) is 26.2 Å². The summed E-state index contributed by atoms with van der Waals surface area (Å²) >= 11 is 0. The fourth-order valence-electron chi connectivity index (χ4n) is 3.94. The van der Waals surface area contributed by atoms with Gasteiger partial charge >= 0.3 is 0 Å². The molecule has 1 aromatic heterocycles. The highest BCUT2D eigenvalue weighted by molar-refractivity contribution is 5.80. The highest BCUT2D eigenvalue weighted by Gasteiger charge is 2.25. The maximum absolute atomic E-state index is 13.3. The quantitative estimate of drug-likeness (QED) is 0.431. The number of aldehydes is 1. The zero-order valence-corrected chi connectivity index (χ0v) is 17.2. The number of carbonyl (C=O) groups is 1. The van der Waals surface area contributed by atoms with Crippen molar-refractivity contribution >= 4 is 17.2 Å². The van der Waals surface area contributed by atoms with Gasteiger partial charge in [0.25, 0.3) is 0 Å². The summed E-state index contributed by atoms with van der Waals surface area (Å²) in [7, 11) is 0. The van der Waals surface area contributed by atoms with E-state index >= 15 is 0 Å². The van der Waals surface area contributed by atoms with Gasteiger partial charge in [0, 0.05) is 30.3 Å². The molecule has 1 aliphatic heterocycles. The number of piperidine rings is 1. The van der Waals surface area contributed by atoms with Gasteiger partial charge in [0.05, 0.1) is 0 Å². The van der Waals surface area contributed by atoms with E-state index in [0.29, 0.717) is 30.2 Å². The van der Waals surface area contributed by atoms with E-state index in [0.717, 1.165) is 55.5 Å². The second kappa shape index (κ2) is 9.75. The Morgan fingerprint density at radius 3 is 2.84 bits per heavy atom. The molecule has 0 aliphatic carbocycles. The molecule has 0 spiro atoms. The van der Waals surface area contributed by atoms with Crippen molar-refractivity contribution in [2.45, 2.75) is 25.2 Å². The van der Waals surface area contributed by atoms with Crippen molar-refractivity contribution in [3.05, 3.63) is 65.7 Å². The summed E-state index contributed by atoms with van der Waals surface area (Å²) in [5.74, 6) is 1.29. The molecular weight excluding hydrogens is 399 g/mol. The van der Waals surface area contributed by atoms with Crippen LogP contribution < -0.4 is 4.74 Å². The van der Waals surface area contributed by atoms with E-state index in [2.05, 4.69) is 16.1 Å². The van der Waals surface area contributed by atoms with Gasteiger partial charge in [-0.1, -0.05) is 23.4 Å².